The number of carbonyl (C=O) groups excluding carboxylic acids is 2. The third kappa shape index (κ3) is 3.80. The van der Waals surface area contributed by atoms with E-state index >= 15 is 0 Å². The molecule has 2 heterocycles. The molecule has 2 aliphatic heterocycles. The normalized spacial score (nSPS) is 27.8. The maximum Gasteiger partial charge on any atom is 0.239 e. The van der Waals surface area contributed by atoms with E-state index in [2.05, 4.69) is 10.6 Å². The van der Waals surface area contributed by atoms with Crippen molar-refractivity contribution >= 4 is 11.8 Å². The van der Waals surface area contributed by atoms with Crippen LogP contribution in [0.1, 0.15) is 57.8 Å². The third-order valence-corrected chi connectivity index (χ3v) is 5.49. The van der Waals surface area contributed by atoms with Crippen molar-refractivity contribution in [3.05, 3.63) is 0 Å². The van der Waals surface area contributed by atoms with Crippen LogP contribution in [0.3, 0.4) is 0 Å². The van der Waals surface area contributed by atoms with Crippen molar-refractivity contribution in [2.24, 2.45) is 5.92 Å². The van der Waals surface area contributed by atoms with Gasteiger partial charge in [-0.1, -0.05) is 19.3 Å². The summed E-state index contributed by atoms with van der Waals surface area (Å²) in [5.74, 6) is 0.743. The van der Waals surface area contributed by atoms with Gasteiger partial charge in [0.2, 0.25) is 11.8 Å². The number of amides is 2. The van der Waals surface area contributed by atoms with Crippen LogP contribution < -0.4 is 10.6 Å². The number of hydrogen-bond acceptors (Lipinski definition) is 3. The van der Waals surface area contributed by atoms with Crippen molar-refractivity contribution in [2.75, 3.05) is 19.6 Å². The highest BCUT2D eigenvalue weighted by Crippen LogP contribution is 2.24. The van der Waals surface area contributed by atoms with Gasteiger partial charge in [0.25, 0.3) is 0 Å². The molecule has 2 saturated heterocycles. The van der Waals surface area contributed by atoms with Crippen molar-refractivity contribution in [1.82, 2.24) is 15.5 Å². The summed E-state index contributed by atoms with van der Waals surface area (Å²) in [5, 5.41) is 6.50. The number of rotatable bonds is 3. The highest BCUT2D eigenvalue weighted by molar-refractivity contribution is 5.82. The van der Waals surface area contributed by atoms with Gasteiger partial charge in [0.15, 0.2) is 0 Å². The number of nitrogens with zero attached hydrogens (tertiary/aromatic N) is 1. The quantitative estimate of drug-likeness (QED) is 0.829. The number of nitrogens with one attached hydrogen (secondary N) is 2. The monoisotopic (exact) mass is 307 g/mol. The van der Waals surface area contributed by atoms with Crippen LogP contribution >= 0.6 is 0 Å². The number of likely N-dealkylation sites (tertiary alicyclic amines) is 1. The van der Waals surface area contributed by atoms with Crippen molar-refractivity contribution in [1.29, 1.82) is 0 Å². The summed E-state index contributed by atoms with van der Waals surface area (Å²) >= 11 is 0. The van der Waals surface area contributed by atoms with E-state index in [1.165, 1.54) is 19.3 Å². The molecule has 3 fully saturated rings. The van der Waals surface area contributed by atoms with Crippen molar-refractivity contribution in [3.63, 3.8) is 0 Å². The molecule has 3 aliphatic rings. The van der Waals surface area contributed by atoms with Gasteiger partial charge in [0.05, 0.1) is 6.04 Å². The molecule has 124 valence electrons. The van der Waals surface area contributed by atoms with E-state index in [0.717, 1.165) is 58.2 Å². The van der Waals surface area contributed by atoms with Crippen LogP contribution in [0.4, 0.5) is 0 Å². The topological polar surface area (TPSA) is 61.4 Å². The molecule has 0 aromatic carbocycles. The number of carbonyl (C=O) groups is 2. The van der Waals surface area contributed by atoms with Crippen LogP contribution in [0.25, 0.3) is 0 Å². The van der Waals surface area contributed by atoms with E-state index in [1.807, 2.05) is 4.90 Å². The lowest BCUT2D eigenvalue weighted by Gasteiger charge is -2.34. The van der Waals surface area contributed by atoms with Gasteiger partial charge in [0.1, 0.15) is 0 Å². The molecule has 0 spiro atoms. The Morgan fingerprint density at radius 1 is 0.909 bits per heavy atom. The lowest BCUT2D eigenvalue weighted by Crippen LogP contribution is -2.51. The molecule has 1 saturated carbocycles. The highest BCUT2D eigenvalue weighted by atomic mass is 16.2. The molecule has 1 aliphatic carbocycles. The van der Waals surface area contributed by atoms with Crippen LogP contribution in [0.15, 0.2) is 0 Å². The van der Waals surface area contributed by atoms with E-state index < -0.39 is 0 Å². The van der Waals surface area contributed by atoms with Gasteiger partial charge in [0, 0.05) is 25.0 Å². The summed E-state index contributed by atoms with van der Waals surface area (Å²) in [4.78, 5) is 26.6. The fraction of sp³-hybridized carbons (Fsp3) is 0.882. The second-order valence-corrected chi connectivity index (χ2v) is 7.09. The van der Waals surface area contributed by atoms with Gasteiger partial charge in [-0.25, -0.2) is 0 Å². The molecule has 5 heteroatoms. The molecule has 0 aromatic heterocycles. The molecule has 2 N–H and O–H groups in total. The fourth-order valence-corrected chi connectivity index (χ4v) is 4.04. The minimum Gasteiger partial charge on any atom is -0.353 e. The van der Waals surface area contributed by atoms with E-state index in [1.54, 1.807) is 0 Å². The van der Waals surface area contributed by atoms with Gasteiger partial charge in [-0.2, -0.15) is 0 Å². The molecule has 1 unspecified atom stereocenters. The Hall–Kier alpha value is -1.10. The van der Waals surface area contributed by atoms with Crippen molar-refractivity contribution < 1.29 is 9.59 Å². The predicted octanol–water partition coefficient (Wildman–Crippen LogP) is 1.43. The lowest BCUT2D eigenvalue weighted by atomic mass is 9.88. The first kappa shape index (κ1) is 15.8. The lowest BCUT2D eigenvalue weighted by molar-refractivity contribution is -0.134. The zero-order valence-electron chi connectivity index (χ0n) is 13.5. The Morgan fingerprint density at radius 3 is 2.27 bits per heavy atom. The molecule has 3 rings (SSSR count). The summed E-state index contributed by atoms with van der Waals surface area (Å²) in [6.45, 7) is 2.53. The Morgan fingerprint density at radius 2 is 1.64 bits per heavy atom. The summed E-state index contributed by atoms with van der Waals surface area (Å²) in [7, 11) is 0. The summed E-state index contributed by atoms with van der Waals surface area (Å²) in [6.07, 6.45) is 9.64. The molecule has 0 radical (unpaired) electrons. The van der Waals surface area contributed by atoms with E-state index in [4.69, 9.17) is 0 Å². The second kappa shape index (κ2) is 7.44. The first-order valence-electron chi connectivity index (χ1n) is 9.06. The van der Waals surface area contributed by atoms with E-state index in [-0.39, 0.29) is 29.8 Å². The average molecular weight is 307 g/mol. The Balaban J connectivity index is 1.41. The number of hydrogen-bond donors (Lipinski definition) is 2. The van der Waals surface area contributed by atoms with Crippen molar-refractivity contribution in [2.45, 2.75) is 69.9 Å². The maximum atomic E-state index is 12.4. The maximum absolute atomic E-state index is 12.4. The molecule has 1 atom stereocenters. The molecular weight excluding hydrogens is 278 g/mol. The molecule has 5 nitrogen and oxygen atoms in total. The Kier molecular flexibility index (Phi) is 5.34. The molecule has 2 amide bonds. The van der Waals surface area contributed by atoms with Gasteiger partial charge in [-0.05, 0) is 45.1 Å². The van der Waals surface area contributed by atoms with E-state index in [9.17, 15) is 9.59 Å². The zero-order chi connectivity index (χ0) is 15.4. The smallest absolute Gasteiger partial charge is 0.239 e. The van der Waals surface area contributed by atoms with Gasteiger partial charge in [-0.15, -0.1) is 0 Å². The average Bonchev–Trinajstić information content (AvgIpc) is 3.10. The zero-order valence-corrected chi connectivity index (χ0v) is 13.5. The number of piperidine rings is 1. The van der Waals surface area contributed by atoms with Crippen molar-refractivity contribution in [3.8, 4) is 0 Å². The highest BCUT2D eigenvalue weighted by Gasteiger charge is 2.31. The van der Waals surface area contributed by atoms with Gasteiger partial charge >= 0.3 is 0 Å². The Labute approximate surface area is 133 Å². The van der Waals surface area contributed by atoms with Crippen LogP contribution in [-0.4, -0.2) is 48.4 Å². The van der Waals surface area contributed by atoms with E-state index in [0.29, 0.717) is 0 Å². The molecule has 0 bridgehead atoms. The minimum atomic E-state index is 0.0355. The van der Waals surface area contributed by atoms with Crippen LogP contribution in [0.5, 0.6) is 0 Å². The summed E-state index contributed by atoms with van der Waals surface area (Å²) < 4.78 is 0. The molecule has 22 heavy (non-hydrogen) atoms. The summed E-state index contributed by atoms with van der Waals surface area (Å²) in [5.41, 5.74) is 0. The molecular formula is C17H29N3O2. The van der Waals surface area contributed by atoms with Gasteiger partial charge in [-0.3, -0.25) is 9.59 Å². The van der Waals surface area contributed by atoms with Gasteiger partial charge < -0.3 is 15.5 Å². The fourth-order valence-electron chi connectivity index (χ4n) is 4.04. The first-order valence-corrected chi connectivity index (χ1v) is 9.06. The standard InChI is InChI=1S/C17H29N3O2/c21-16(13-5-2-1-3-6-13)19-14-8-11-20(12-9-14)17(22)15-7-4-10-18-15/h13-15,18H,1-12H2,(H,19,21). The Bertz CT molecular complexity index is 393. The van der Waals surface area contributed by atoms with Crippen LogP contribution in [0, 0.1) is 5.92 Å². The third-order valence-electron chi connectivity index (χ3n) is 5.49. The predicted molar refractivity (Wildman–Crippen MR) is 85.3 cm³/mol. The largest absolute Gasteiger partial charge is 0.353 e. The van der Waals surface area contributed by atoms with Crippen LogP contribution in [-0.2, 0) is 9.59 Å². The second-order valence-electron chi connectivity index (χ2n) is 7.09. The van der Waals surface area contributed by atoms with Crippen LogP contribution in [0.2, 0.25) is 0 Å². The minimum absolute atomic E-state index is 0.0355. The SMILES string of the molecule is O=C(NC1CCN(C(=O)C2CCCN2)CC1)C1CCCCC1. The summed E-state index contributed by atoms with van der Waals surface area (Å²) in [6, 6.07) is 0.295. The molecule has 0 aromatic rings. The first-order chi connectivity index (χ1) is 10.7.